The van der Waals surface area contributed by atoms with Crippen LogP contribution < -0.4 is 14.9 Å². The van der Waals surface area contributed by atoms with Crippen LogP contribution in [0.2, 0.25) is 0 Å². The Morgan fingerprint density at radius 2 is 1.81 bits per heavy atom. The summed E-state index contributed by atoms with van der Waals surface area (Å²) in [7, 11) is -4.27. The number of anilines is 2. The van der Waals surface area contributed by atoms with Crippen molar-refractivity contribution in [3.63, 3.8) is 0 Å². The highest BCUT2D eigenvalue weighted by Crippen LogP contribution is 2.40. The largest absolute Gasteiger partial charge is 0.329 e. The maximum Gasteiger partial charge on any atom is 0.329 e. The van der Waals surface area contributed by atoms with Gasteiger partial charge in [-0.05, 0) is 54.3 Å². The Kier molecular flexibility index (Phi) is 4.72. The highest BCUT2D eigenvalue weighted by Gasteiger charge is 2.41. The van der Waals surface area contributed by atoms with Gasteiger partial charge in [-0.3, -0.25) is 14.8 Å². The van der Waals surface area contributed by atoms with Crippen molar-refractivity contribution in [3.05, 3.63) is 72.1 Å². The van der Waals surface area contributed by atoms with Crippen LogP contribution in [0.4, 0.5) is 25.0 Å². The van der Waals surface area contributed by atoms with Crippen LogP contribution in [0.15, 0.2) is 59.8 Å². The van der Waals surface area contributed by atoms with E-state index >= 15 is 0 Å². The van der Waals surface area contributed by atoms with Gasteiger partial charge in [-0.1, -0.05) is 12.1 Å². The molecule has 2 N–H and O–H groups in total. The number of hydrogen-bond acceptors (Lipinski definition) is 4. The van der Waals surface area contributed by atoms with E-state index in [1.54, 1.807) is 35.2 Å². The Hall–Kier alpha value is -3.37. The topological polar surface area (TPSA) is 96.6 Å². The number of carbonyl (C=O) groups is 1. The summed E-state index contributed by atoms with van der Waals surface area (Å²) in [5.74, 6) is -1.36. The van der Waals surface area contributed by atoms with Crippen molar-refractivity contribution >= 4 is 27.4 Å². The third-order valence-corrected chi connectivity index (χ3v) is 6.83. The van der Waals surface area contributed by atoms with Crippen LogP contribution in [0.1, 0.15) is 12.0 Å². The molecule has 3 heterocycles. The number of benzene rings is 2. The maximum atomic E-state index is 14.3. The minimum absolute atomic E-state index is 0.186. The first-order valence-electron chi connectivity index (χ1n) is 9.90. The number of pyridine rings is 1. The molecule has 2 amide bonds. The number of carbonyl (C=O) groups excluding carboxylic acids is 1. The normalized spacial score (nSPS) is 18.0. The molecule has 164 valence electrons. The number of sulfonamides is 1. The van der Waals surface area contributed by atoms with Gasteiger partial charge in [0, 0.05) is 30.0 Å². The zero-order chi connectivity index (χ0) is 22.6. The standard InChI is InChI=1S/C22H18F2N4O3S/c23-18-10-14-9-16-6-8-27(22(29)28(16)20(14)11-21(18)32(25,30)31)15-3-1-13(2-4-15)17-5-7-26-12-19(17)24/h1-5,7,10-12,16H,6,8-9H2,(H2,25,30,31). The average molecular weight is 456 g/mol. The van der Waals surface area contributed by atoms with Crippen LogP contribution in [-0.4, -0.2) is 32.0 Å². The average Bonchev–Trinajstić information content (AvgIpc) is 3.11. The van der Waals surface area contributed by atoms with E-state index in [4.69, 9.17) is 5.14 Å². The first-order valence-corrected chi connectivity index (χ1v) is 11.4. The van der Waals surface area contributed by atoms with Gasteiger partial charge in [0.15, 0.2) is 0 Å². The molecule has 0 saturated carbocycles. The minimum atomic E-state index is -4.27. The van der Waals surface area contributed by atoms with E-state index in [1.165, 1.54) is 11.1 Å². The summed E-state index contributed by atoms with van der Waals surface area (Å²) in [5, 5.41) is 5.13. The van der Waals surface area contributed by atoms with E-state index in [-0.39, 0.29) is 12.1 Å². The predicted molar refractivity (Wildman–Crippen MR) is 115 cm³/mol. The van der Waals surface area contributed by atoms with Crippen molar-refractivity contribution in [2.75, 3.05) is 16.3 Å². The van der Waals surface area contributed by atoms with Gasteiger partial charge in [0.2, 0.25) is 10.0 Å². The lowest BCUT2D eigenvalue weighted by atomic mass is 10.0. The summed E-state index contributed by atoms with van der Waals surface area (Å²) in [5.41, 5.74) is 2.59. The second-order valence-corrected chi connectivity index (χ2v) is 9.34. The molecule has 32 heavy (non-hydrogen) atoms. The maximum absolute atomic E-state index is 14.3. The third kappa shape index (κ3) is 3.32. The molecule has 1 saturated heterocycles. The second kappa shape index (κ2) is 7.35. The zero-order valence-corrected chi connectivity index (χ0v) is 17.5. The smallest absolute Gasteiger partial charge is 0.294 e. The van der Waals surface area contributed by atoms with Gasteiger partial charge in [-0.15, -0.1) is 0 Å². The van der Waals surface area contributed by atoms with Crippen molar-refractivity contribution in [2.24, 2.45) is 5.14 Å². The molecular weight excluding hydrogens is 438 g/mol. The first kappa shape index (κ1) is 20.5. The van der Waals surface area contributed by atoms with E-state index in [0.717, 1.165) is 18.3 Å². The van der Waals surface area contributed by atoms with E-state index in [9.17, 15) is 22.0 Å². The molecule has 0 aliphatic carbocycles. The number of nitrogens with zero attached hydrogens (tertiary/aromatic N) is 3. The number of primary sulfonamides is 1. The van der Waals surface area contributed by atoms with E-state index < -0.39 is 26.6 Å². The summed E-state index contributed by atoms with van der Waals surface area (Å²) in [4.78, 5) is 19.5. The second-order valence-electron chi connectivity index (χ2n) is 7.81. The molecule has 1 fully saturated rings. The molecule has 0 radical (unpaired) electrons. The van der Waals surface area contributed by atoms with E-state index in [1.807, 2.05) is 0 Å². The Balaban J connectivity index is 1.47. The fourth-order valence-electron chi connectivity index (χ4n) is 4.40. The minimum Gasteiger partial charge on any atom is -0.294 e. The van der Waals surface area contributed by atoms with Gasteiger partial charge in [-0.2, -0.15) is 0 Å². The van der Waals surface area contributed by atoms with Gasteiger partial charge in [0.25, 0.3) is 0 Å². The number of halogens is 2. The molecule has 2 aromatic carbocycles. The predicted octanol–water partition coefficient (Wildman–Crippen LogP) is 3.44. The molecule has 2 aliphatic rings. The SMILES string of the molecule is NS(=O)(=O)c1cc2c(cc1F)CC1CCN(c3ccc(-c4ccncc4F)cc3)C(=O)N21. The van der Waals surface area contributed by atoms with Gasteiger partial charge >= 0.3 is 6.03 Å². The Morgan fingerprint density at radius 3 is 2.50 bits per heavy atom. The number of aromatic nitrogens is 1. The number of hydrogen-bond donors (Lipinski definition) is 1. The number of rotatable bonds is 3. The molecule has 5 rings (SSSR count). The van der Waals surface area contributed by atoms with Crippen LogP contribution in [-0.2, 0) is 16.4 Å². The molecule has 3 aromatic rings. The quantitative estimate of drug-likeness (QED) is 0.653. The molecule has 1 atom stereocenters. The molecule has 1 unspecified atom stereocenters. The van der Waals surface area contributed by atoms with Crippen molar-refractivity contribution in [1.82, 2.24) is 4.98 Å². The molecule has 1 aromatic heterocycles. The van der Waals surface area contributed by atoms with Crippen LogP contribution in [0.3, 0.4) is 0 Å². The third-order valence-electron chi connectivity index (χ3n) is 5.91. The number of fused-ring (bicyclic) bond motifs is 3. The van der Waals surface area contributed by atoms with E-state index in [0.29, 0.717) is 47.5 Å². The van der Waals surface area contributed by atoms with Crippen LogP contribution in [0, 0.1) is 11.6 Å². The lowest BCUT2D eigenvalue weighted by Crippen LogP contribution is -2.53. The van der Waals surface area contributed by atoms with Crippen LogP contribution >= 0.6 is 0 Å². The fourth-order valence-corrected chi connectivity index (χ4v) is 5.00. The molecule has 0 bridgehead atoms. The van der Waals surface area contributed by atoms with E-state index in [2.05, 4.69) is 4.98 Å². The van der Waals surface area contributed by atoms with Gasteiger partial charge in [-0.25, -0.2) is 27.1 Å². The molecule has 7 nitrogen and oxygen atoms in total. The highest BCUT2D eigenvalue weighted by atomic mass is 32.2. The van der Waals surface area contributed by atoms with Crippen molar-refractivity contribution in [2.45, 2.75) is 23.8 Å². The molecule has 10 heteroatoms. The Bertz CT molecular complexity index is 1350. The number of nitrogens with two attached hydrogens (primary N) is 1. The Labute approximate surface area is 183 Å². The summed E-state index contributed by atoms with van der Waals surface area (Å²) in [6.45, 7) is 0.446. The lowest BCUT2D eigenvalue weighted by molar-refractivity contribution is 0.245. The number of amides is 2. The van der Waals surface area contributed by atoms with Crippen LogP contribution in [0.25, 0.3) is 11.1 Å². The van der Waals surface area contributed by atoms with Crippen molar-refractivity contribution in [1.29, 1.82) is 0 Å². The summed E-state index contributed by atoms with van der Waals surface area (Å²) < 4.78 is 51.8. The first-order chi connectivity index (χ1) is 15.2. The van der Waals surface area contributed by atoms with Gasteiger partial charge in [0.1, 0.15) is 16.5 Å². The fraction of sp³-hybridized carbons (Fsp3) is 0.182. The monoisotopic (exact) mass is 456 g/mol. The summed E-state index contributed by atoms with van der Waals surface area (Å²) in [6.07, 6.45) is 3.70. The Morgan fingerprint density at radius 1 is 1.06 bits per heavy atom. The van der Waals surface area contributed by atoms with Gasteiger partial charge < -0.3 is 0 Å². The van der Waals surface area contributed by atoms with Crippen molar-refractivity contribution < 1.29 is 22.0 Å². The molecule has 0 spiro atoms. The summed E-state index contributed by atoms with van der Waals surface area (Å²) in [6, 6.07) is 10.2. The lowest BCUT2D eigenvalue weighted by Gasteiger charge is -2.38. The van der Waals surface area contributed by atoms with Crippen molar-refractivity contribution in [3.8, 4) is 11.1 Å². The summed E-state index contributed by atoms with van der Waals surface area (Å²) >= 11 is 0. The number of urea groups is 1. The zero-order valence-electron chi connectivity index (χ0n) is 16.7. The van der Waals surface area contributed by atoms with Crippen LogP contribution in [0.5, 0.6) is 0 Å². The highest BCUT2D eigenvalue weighted by molar-refractivity contribution is 7.89. The molecule has 2 aliphatic heterocycles. The molecular formula is C22H18F2N4O3S. The van der Waals surface area contributed by atoms with Gasteiger partial charge in [0.05, 0.1) is 11.9 Å².